The second kappa shape index (κ2) is 13.8. The molecule has 9 aromatic rings. The summed E-state index contributed by atoms with van der Waals surface area (Å²) in [4.78, 5) is 2.73. The van der Waals surface area contributed by atoms with Crippen LogP contribution in [-0.4, -0.2) is 11.4 Å². The number of anilines is 2. The molecule has 14 rings (SSSR count). The van der Waals surface area contributed by atoms with Gasteiger partial charge in [0.25, 0.3) is 0 Å². The van der Waals surface area contributed by atoms with Crippen molar-refractivity contribution >= 4 is 72.9 Å². The molecule has 4 heterocycles. The van der Waals surface area contributed by atoms with Gasteiger partial charge in [0.15, 0.2) is 0 Å². The van der Waals surface area contributed by atoms with Crippen LogP contribution in [0.1, 0.15) is 181 Å². The smallest absolute Gasteiger partial charge is 0.333 e. The van der Waals surface area contributed by atoms with Gasteiger partial charge in [-0.05, 0) is 179 Å². The Morgan fingerprint density at radius 3 is 1.67 bits per heavy atom. The minimum absolute atomic E-state index is 0.0167. The van der Waals surface area contributed by atoms with Gasteiger partial charge in [-0.1, -0.05) is 159 Å². The molecule has 0 unspecified atom stereocenters. The van der Waals surface area contributed by atoms with Crippen LogP contribution in [0.25, 0.3) is 71.7 Å². The van der Waals surface area contributed by atoms with E-state index >= 15 is 0 Å². The molecule has 0 bridgehead atoms. The van der Waals surface area contributed by atoms with E-state index in [0.29, 0.717) is 0 Å². The molecule has 0 fully saturated rings. The topological polar surface area (TPSA) is 21.3 Å². The highest BCUT2D eigenvalue weighted by Gasteiger charge is 2.51. The van der Waals surface area contributed by atoms with Crippen LogP contribution in [0.3, 0.4) is 0 Å². The van der Waals surface area contributed by atoms with Crippen molar-refractivity contribution in [3.63, 3.8) is 0 Å². The number of hydrogen-bond acceptors (Lipinski definition) is 2. The lowest BCUT2D eigenvalue weighted by Crippen LogP contribution is -2.61. The highest BCUT2D eigenvalue weighted by atomic mass is 16.3. The third-order valence-electron chi connectivity index (χ3n) is 19.8. The van der Waals surface area contributed by atoms with E-state index in [1.54, 1.807) is 0 Å². The summed E-state index contributed by atoms with van der Waals surface area (Å²) in [6, 6.07) is 41.8. The highest BCUT2D eigenvalue weighted by molar-refractivity contribution is 6.94. The summed E-state index contributed by atoms with van der Waals surface area (Å²) in [7, 11) is 0. The lowest BCUT2D eigenvalue weighted by Gasteiger charge is -2.43. The Bertz CT molecular complexity index is 3960. The summed E-state index contributed by atoms with van der Waals surface area (Å²) in [6.45, 7) is 38.7. The lowest BCUT2D eigenvalue weighted by molar-refractivity contribution is 0.332. The van der Waals surface area contributed by atoms with E-state index in [1.165, 1.54) is 153 Å². The van der Waals surface area contributed by atoms with Crippen molar-refractivity contribution in [1.29, 1.82) is 0 Å². The van der Waals surface area contributed by atoms with Crippen LogP contribution in [0.4, 0.5) is 11.4 Å². The lowest BCUT2D eigenvalue weighted by atomic mass is 9.43. The number of furan rings is 1. The fourth-order valence-electron chi connectivity index (χ4n) is 15.1. The van der Waals surface area contributed by atoms with E-state index in [0.717, 1.165) is 11.2 Å². The first-order valence-corrected chi connectivity index (χ1v) is 27.6. The van der Waals surface area contributed by atoms with Crippen LogP contribution >= 0.6 is 0 Å². The summed E-state index contributed by atoms with van der Waals surface area (Å²) in [5, 5.41) is 5.25. The van der Waals surface area contributed by atoms with Crippen molar-refractivity contribution in [3.05, 3.63) is 148 Å². The molecule has 3 aliphatic carbocycles. The molecular weight excluding hydrogens is 884 g/mol. The van der Waals surface area contributed by atoms with Gasteiger partial charge in [0.2, 0.25) is 0 Å². The van der Waals surface area contributed by atoms with Crippen LogP contribution in [0.2, 0.25) is 0 Å². The van der Waals surface area contributed by atoms with Gasteiger partial charge < -0.3 is 13.8 Å². The van der Waals surface area contributed by atoms with E-state index < -0.39 is 0 Å². The molecule has 0 saturated carbocycles. The molecule has 0 atom stereocenters. The molecule has 0 amide bonds. The van der Waals surface area contributed by atoms with Crippen LogP contribution < -0.4 is 15.7 Å². The average Bonchev–Trinajstić information content (AvgIpc) is 3.98. The summed E-state index contributed by atoms with van der Waals surface area (Å²) >= 11 is 0. The highest BCUT2D eigenvalue weighted by Crippen LogP contribution is 2.61. The van der Waals surface area contributed by atoms with Crippen molar-refractivity contribution in [2.45, 2.75) is 174 Å². The molecule has 2 aromatic heterocycles. The van der Waals surface area contributed by atoms with Crippen molar-refractivity contribution < 1.29 is 4.42 Å². The van der Waals surface area contributed by atoms with Crippen molar-refractivity contribution in [1.82, 2.24) is 4.57 Å². The quantitative estimate of drug-likeness (QED) is 0.153. The number of aromatic nitrogens is 1. The molecular formula is C69H73BN2O. The normalized spacial score (nSPS) is 19.2. The SMILES string of the molecule is CC(C)(C)c1ccc(N2B3c4cc(C(C)(C)C)ccc4-n4c5cc6c(cc5c5c7c(c(c3c54)-c3cc4c(cc32)oc2cc3c(cc24)C(C)(C)CCC3(C)C)-c2ccccc2C7(C)C)C(C)(C)CCC6(C)C)cc1. The molecule has 3 nitrogen and oxygen atoms in total. The van der Waals surface area contributed by atoms with E-state index in [2.05, 4.69) is 223 Å². The van der Waals surface area contributed by atoms with Gasteiger partial charge in [0, 0.05) is 55.7 Å². The average molecular weight is 957 g/mol. The van der Waals surface area contributed by atoms with Crippen molar-refractivity contribution in [2.24, 2.45) is 0 Å². The molecule has 0 N–H and O–H groups in total. The Morgan fingerprint density at radius 1 is 0.493 bits per heavy atom. The van der Waals surface area contributed by atoms with Crippen LogP contribution in [0.5, 0.6) is 0 Å². The summed E-state index contributed by atoms with van der Waals surface area (Å²) in [5.74, 6) is 0. The number of rotatable bonds is 1. The Hall–Kier alpha value is -6.00. The monoisotopic (exact) mass is 957 g/mol. The Balaban J connectivity index is 1.22. The minimum atomic E-state index is -0.263. The fraction of sp³-hybridized carbons (Fsp3) is 0.391. The van der Waals surface area contributed by atoms with E-state index in [1.807, 2.05) is 0 Å². The van der Waals surface area contributed by atoms with E-state index in [4.69, 9.17) is 4.42 Å². The Kier molecular flexibility index (Phi) is 8.64. The summed E-state index contributed by atoms with van der Waals surface area (Å²) < 4.78 is 10.00. The first-order chi connectivity index (χ1) is 34.2. The third kappa shape index (κ3) is 5.90. The Labute approximate surface area is 434 Å². The van der Waals surface area contributed by atoms with Crippen LogP contribution in [0.15, 0.2) is 108 Å². The van der Waals surface area contributed by atoms with Crippen molar-refractivity contribution in [3.8, 4) is 27.9 Å². The maximum Gasteiger partial charge on any atom is 0.333 e. The predicted molar refractivity (Wildman–Crippen MR) is 313 cm³/mol. The van der Waals surface area contributed by atoms with Gasteiger partial charge in [-0.3, -0.25) is 0 Å². The molecule has 0 saturated heterocycles. The first kappa shape index (κ1) is 45.6. The standard InChI is InChI=1S/C69H73BN2O/c1-63(2,3)38-21-24-40(25-22-38)72-54-37-56-42(43-33-47-50(36-55(43)73-56)68(13,14)30-28-65(47,7)8)32-44(54)58-57-41-19-17-18-20-46(41)69(15,16)60(57)59-45-34-48-49(67(11,12)29-27-66(48,9)10)35-53(45)71-52-26-23-39(64(4,5)6)31-51(52)70(72)61(58)62(59)71/h17-26,31-37H,27-30H2,1-16H3. The second-order valence-corrected chi connectivity index (χ2v) is 28.7. The zero-order valence-electron chi connectivity index (χ0n) is 46.5. The molecule has 4 heteroatoms. The maximum atomic E-state index is 7.24. The van der Waals surface area contributed by atoms with Gasteiger partial charge in [-0.2, -0.15) is 0 Å². The number of fused-ring (bicyclic) bond motifs is 18. The van der Waals surface area contributed by atoms with E-state index in [-0.39, 0.29) is 44.8 Å². The molecule has 0 radical (unpaired) electrons. The Morgan fingerprint density at radius 2 is 1.04 bits per heavy atom. The fourth-order valence-corrected chi connectivity index (χ4v) is 15.1. The summed E-state index contributed by atoms with van der Waals surface area (Å²) in [5.41, 5.74) is 28.0. The molecule has 5 aliphatic rings. The van der Waals surface area contributed by atoms with Crippen molar-refractivity contribution in [2.75, 3.05) is 4.81 Å². The van der Waals surface area contributed by atoms with Gasteiger partial charge >= 0.3 is 6.85 Å². The predicted octanol–water partition coefficient (Wildman–Crippen LogP) is 17.5. The molecule has 368 valence electrons. The maximum absolute atomic E-state index is 7.24. The van der Waals surface area contributed by atoms with Crippen LogP contribution in [0, 0.1) is 0 Å². The second-order valence-electron chi connectivity index (χ2n) is 28.7. The number of hydrogen-bond donors (Lipinski definition) is 0. The zero-order chi connectivity index (χ0) is 51.2. The summed E-state index contributed by atoms with van der Waals surface area (Å²) in [6.07, 6.45) is 4.69. The van der Waals surface area contributed by atoms with Crippen LogP contribution in [-0.2, 0) is 37.9 Å². The third-order valence-corrected chi connectivity index (χ3v) is 19.8. The zero-order valence-corrected chi connectivity index (χ0v) is 46.5. The number of benzene rings is 7. The minimum Gasteiger partial charge on any atom is -0.456 e. The molecule has 0 spiro atoms. The first-order valence-electron chi connectivity index (χ1n) is 27.6. The number of nitrogens with zero attached hydrogens (tertiary/aromatic N) is 2. The van der Waals surface area contributed by atoms with E-state index in [9.17, 15) is 0 Å². The van der Waals surface area contributed by atoms with Gasteiger partial charge in [0.05, 0.1) is 11.0 Å². The molecule has 73 heavy (non-hydrogen) atoms. The largest absolute Gasteiger partial charge is 0.456 e. The molecule has 7 aromatic carbocycles. The molecule has 2 aliphatic heterocycles. The van der Waals surface area contributed by atoms with Gasteiger partial charge in [0.1, 0.15) is 11.2 Å². The van der Waals surface area contributed by atoms with Gasteiger partial charge in [-0.25, -0.2) is 0 Å². The van der Waals surface area contributed by atoms with Gasteiger partial charge in [-0.15, -0.1) is 0 Å².